The highest BCUT2D eigenvalue weighted by atomic mass is 32.1. The molecule has 1 aliphatic rings. The maximum Gasteiger partial charge on any atom is 0.451 e. The maximum atomic E-state index is 13.1. The number of aryl methyl sites for hydroxylation is 1. The number of thiazole rings is 1. The fourth-order valence-electron chi connectivity index (χ4n) is 3.47. The highest BCUT2D eigenvalue weighted by Crippen LogP contribution is 2.31. The molecule has 0 radical (unpaired) electrons. The summed E-state index contributed by atoms with van der Waals surface area (Å²) in [6, 6.07) is 4.63. The molecule has 1 N–H and O–H groups in total. The van der Waals surface area contributed by atoms with E-state index < -0.39 is 23.9 Å². The highest BCUT2D eigenvalue weighted by Gasteiger charge is 2.34. The second kappa shape index (κ2) is 10.1. The van der Waals surface area contributed by atoms with E-state index in [1.165, 1.54) is 11.3 Å². The number of nitrogens with one attached hydrogen (secondary N) is 1. The van der Waals surface area contributed by atoms with Crippen LogP contribution < -0.4 is 10.1 Å². The summed E-state index contributed by atoms with van der Waals surface area (Å²) >= 11 is 1.50. The van der Waals surface area contributed by atoms with Crippen molar-refractivity contribution in [1.82, 2.24) is 20.3 Å². The molecule has 0 aliphatic carbocycles. The van der Waals surface area contributed by atoms with Crippen molar-refractivity contribution >= 4 is 17.2 Å². The third-order valence-electron chi connectivity index (χ3n) is 5.28. The van der Waals surface area contributed by atoms with E-state index in [9.17, 15) is 18.0 Å². The molecule has 0 saturated carbocycles. The lowest BCUT2D eigenvalue weighted by Gasteiger charge is -2.24. The topological polar surface area (TPSA) is 86.2 Å². The molecule has 1 aromatic carbocycles. The highest BCUT2D eigenvalue weighted by molar-refractivity contribution is 7.14. The lowest BCUT2D eigenvalue weighted by molar-refractivity contribution is -0.145. The Morgan fingerprint density at radius 3 is 2.47 bits per heavy atom. The number of ether oxygens (including phenoxy) is 2. The molecule has 0 bridgehead atoms. The molecule has 1 amide bonds. The van der Waals surface area contributed by atoms with Crippen LogP contribution in [0.1, 0.15) is 52.4 Å². The molecule has 7 nitrogen and oxygen atoms in total. The number of nitrogens with zero attached hydrogens (tertiary/aromatic N) is 3. The van der Waals surface area contributed by atoms with E-state index in [-0.39, 0.29) is 6.10 Å². The number of halogens is 3. The third kappa shape index (κ3) is 5.89. The lowest BCUT2D eigenvalue weighted by atomic mass is 10.1. The monoisotopic (exact) mass is 492 g/mol. The number of amides is 1. The first-order valence-electron chi connectivity index (χ1n) is 10.7. The van der Waals surface area contributed by atoms with Crippen LogP contribution in [0.3, 0.4) is 0 Å². The van der Waals surface area contributed by atoms with Gasteiger partial charge in [-0.2, -0.15) is 13.2 Å². The Bertz CT molecular complexity index is 1150. The van der Waals surface area contributed by atoms with Crippen LogP contribution in [0.25, 0.3) is 10.6 Å². The number of hydrogen-bond donors (Lipinski definition) is 1. The molecule has 3 aromatic rings. The Morgan fingerprint density at radius 1 is 1.15 bits per heavy atom. The zero-order valence-electron chi connectivity index (χ0n) is 18.6. The first kappa shape index (κ1) is 24.1. The molecule has 11 heteroatoms. The van der Waals surface area contributed by atoms with Gasteiger partial charge in [-0.05, 0) is 32.0 Å². The van der Waals surface area contributed by atoms with Gasteiger partial charge in [-0.1, -0.05) is 0 Å². The zero-order valence-corrected chi connectivity index (χ0v) is 19.4. The summed E-state index contributed by atoms with van der Waals surface area (Å²) in [5, 5.41) is 3.55. The predicted molar refractivity (Wildman–Crippen MR) is 120 cm³/mol. The minimum absolute atomic E-state index is 0.0128. The average molecular weight is 493 g/mol. The molecule has 1 atom stereocenters. The first-order valence-corrected chi connectivity index (χ1v) is 11.5. The predicted octanol–water partition coefficient (Wildman–Crippen LogP) is 4.98. The van der Waals surface area contributed by atoms with E-state index >= 15 is 0 Å². The molecular weight excluding hydrogens is 469 g/mol. The van der Waals surface area contributed by atoms with Crippen LogP contribution in [0.4, 0.5) is 13.2 Å². The van der Waals surface area contributed by atoms with Crippen molar-refractivity contribution in [2.75, 3.05) is 13.2 Å². The zero-order chi connectivity index (χ0) is 24.3. The second-order valence-electron chi connectivity index (χ2n) is 7.98. The van der Waals surface area contributed by atoms with Gasteiger partial charge in [-0.3, -0.25) is 4.79 Å². The molecule has 1 saturated heterocycles. The summed E-state index contributed by atoms with van der Waals surface area (Å²) in [4.78, 5) is 25.2. The van der Waals surface area contributed by atoms with Crippen molar-refractivity contribution < 1.29 is 27.4 Å². The number of benzene rings is 1. The van der Waals surface area contributed by atoms with Crippen molar-refractivity contribution in [3.05, 3.63) is 58.6 Å². The minimum atomic E-state index is -4.62. The molecule has 4 rings (SSSR count). The van der Waals surface area contributed by atoms with Crippen LogP contribution in [0, 0.1) is 6.92 Å². The van der Waals surface area contributed by atoms with Gasteiger partial charge in [0.05, 0.1) is 19.3 Å². The quantitative estimate of drug-likeness (QED) is 0.523. The molecule has 1 unspecified atom stereocenters. The number of rotatable bonds is 6. The molecule has 1 aliphatic heterocycles. The normalized spacial score (nSPS) is 15.7. The maximum absolute atomic E-state index is 13.1. The molecule has 0 spiro atoms. The Labute approximate surface area is 198 Å². The van der Waals surface area contributed by atoms with Crippen LogP contribution in [0.2, 0.25) is 0 Å². The Kier molecular flexibility index (Phi) is 7.13. The van der Waals surface area contributed by atoms with E-state index in [4.69, 9.17) is 9.47 Å². The average Bonchev–Trinajstić information content (AvgIpc) is 3.25. The van der Waals surface area contributed by atoms with Gasteiger partial charge in [0.25, 0.3) is 5.91 Å². The lowest BCUT2D eigenvalue weighted by Crippen LogP contribution is -2.28. The van der Waals surface area contributed by atoms with Gasteiger partial charge < -0.3 is 14.8 Å². The third-order valence-corrected chi connectivity index (χ3v) is 6.24. The minimum Gasteiger partial charge on any atom is -0.490 e. The number of carbonyl (C=O) groups is 1. The van der Waals surface area contributed by atoms with Crippen LogP contribution in [0.15, 0.2) is 36.8 Å². The summed E-state index contributed by atoms with van der Waals surface area (Å²) in [6.45, 7) is 4.84. The van der Waals surface area contributed by atoms with Gasteiger partial charge in [0, 0.05) is 53.0 Å². The van der Waals surface area contributed by atoms with Gasteiger partial charge in [0.1, 0.15) is 16.9 Å². The van der Waals surface area contributed by atoms with Crippen molar-refractivity contribution in [1.29, 1.82) is 0 Å². The van der Waals surface area contributed by atoms with E-state index in [1.54, 1.807) is 25.3 Å². The fraction of sp³-hybridized carbons (Fsp3) is 0.391. The van der Waals surface area contributed by atoms with E-state index in [0.29, 0.717) is 30.1 Å². The summed E-state index contributed by atoms with van der Waals surface area (Å²) in [7, 11) is 0. The fourth-order valence-corrected chi connectivity index (χ4v) is 4.22. The van der Waals surface area contributed by atoms with Crippen LogP contribution in [0.5, 0.6) is 5.75 Å². The van der Waals surface area contributed by atoms with Crippen molar-refractivity contribution in [3.8, 4) is 16.3 Å². The summed E-state index contributed by atoms with van der Waals surface area (Å²) in [5.41, 5.74) is 1.46. The van der Waals surface area contributed by atoms with Gasteiger partial charge >= 0.3 is 6.18 Å². The first-order chi connectivity index (χ1) is 16.2. The molecule has 3 heterocycles. The number of aromatic nitrogens is 3. The van der Waals surface area contributed by atoms with Gasteiger partial charge in [-0.15, -0.1) is 11.3 Å². The van der Waals surface area contributed by atoms with Crippen LogP contribution >= 0.6 is 11.3 Å². The summed E-state index contributed by atoms with van der Waals surface area (Å²) < 4.78 is 49.7. The SMILES string of the molecule is Cc1cnc(-c2cc(OC3CCOCC3)cc(C(=O)NC(C)c3cnc(C(F)(F)F)nc3)c2)s1. The number of alkyl halides is 3. The van der Waals surface area contributed by atoms with Gasteiger partial charge in [-0.25, -0.2) is 15.0 Å². The van der Waals surface area contributed by atoms with Crippen molar-refractivity contribution in [2.24, 2.45) is 0 Å². The van der Waals surface area contributed by atoms with Crippen molar-refractivity contribution in [2.45, 2.75) is 45.0 Å². The van der Waals surface area contributed by atoms with E-state index in [0.717, 1.165) is 40.7 Å². The summed E-state index contributed by atoms with van der Waals surface area (Å²) in [6.07, 6.45) is 0.768. The van der Waals surface area contributed by atoms with Crippen LogP contribution in [-0.4, -0.2) is 40.2 Å². The molecule has 1 fully saturated rings. The molecule has 180 valence electrons. The van der Waals surface area contributed by atoms with Gasteiger partial charge in [0.2, 0.25) is 5.82 Å². The number of hydrogen-bond acceptors (Lipinski definition) is 7. The summed E-state index contributed by atoms with van der Waals surface area (Å²) in [5.74, 6) is -1.08. The second-order valence-corrected chi connectivity index (χ2v) is 9.22. The molecule has 2 aromatic heterocycles. The Hall–Kier alpha value is -3.05. The van der Waals surface area contributed by atoms with E-state index in [2.05, 4.69) is 20.3 Å². The number of carbonyl (C=O) groups excluding carboxylic acids is 1. The Balaban J connectivity index is 1.56. The standard InChI is InChI=1S/C23H23F3N4O3S/c1-13-10-27-21(34-13)16-7-15(8-19(9-16)33-18-3-5-32-6-4-18)20(31)30-14(2)17-11-28-22(29-12-17)23(24,25)26/h7-12,14,18H,3-6H2,1-2H3,(H,30,31). The largest absolute Gasteiger partial charge is 0.490 e. The molecule has 34 heavy (non-hydrogen) atoms. The van der Waals surface area contributed by atoms with E-state index in [1.807, 2.05) is 13.0 Å². The van der Waals surface area contributed by atoms with Gasteiger partial charge in [0.15, 0.2) is 0 Å². The van der Waals surface area contributed by atoms with Crippen LogP contribution in [-0.2, 0) is 10.9 Å². The smallest absolute Gasteiger partial charge is 0.451 e. The molecular formula is C23H23F3N4O3S. The Morgan fingerprint density at radius 2 is 1.85 bits per heavy atom. The van der Waals surface area contributed by atoms with Crippen molar-refractivity contribution in [3.63, 3.8) is 0 Å².